The van der Waals surface area contributed by atoms with Crippen LogP contribution in [0.1, 0.15) is 42.0 Å². The summed E-state index contributed by atoms with van der Waals surface area (Å²) in [6.07, 6.45) is 2.35. The van der Waals surface area contributed by atoms with Crippen molar-refractivity contribution in [2.75, 3.05) is 7.11 Å². The SMILES string of the molecule is COC(=O)c1ccc(C2(N)CCC(O)CC2)o1. The molecule has 0 radical (unpaired) electrons. The highest BCUT2D eigenvalue weighted by Crippen LogP contribution is 2.35. The summed E-state index contributed by atoms with van der Waals surface area (Å²) < 4.78 is 10.0. The summed E-state index contributed by atoms with van der Waals surface area (Å²) in [6, 6.07) is 3.28. The number of nitrogens with two attached hydrogens (primary N) is 1. The standard InChI is InChI=1S/C12H17NO4/c1-16-11(15)9-2-3-10(17-9)12(13)6-4-8(14)5-7-12/h2-3,8,14H,4-7,13H2,1H3. The Morgan fingerprint density at radius 2 is 2.18 bits per heavy atom. The van der Waals surface area contributed by atoms with Crippen molar-refractivity contribution in [3.63, 3.8) is 0 Å². The van der Waals surface area contributed by atoms with E-state index in [1.54, 1.807) is 12.1 Å². The van der Waals surface area contributed by atoms with Crippen LogP contribution in [0.3, 0.4) is 0 Å². The van der Waals surface area contributed by atoms with Gasteiger partial charge in [0.1, 0.15) is 5.76 Å². The zero-order valence-electron chi connectivity index (χ0n) is 9.81. The van der Waals surface area contributed by atoms with Crippen molar-refractivity contribution in [3.05, 3.63) is 23.7 Å². The van der Waals surface area contributed by atoms with E-state index in [1.807, 2.05) is 0 Å². The second-order valence-corrected chi connectivity index (χ2v) is 4.54. The molecule has 0 aromatic carbocycles. The van der Waals surface area contributed by atoms with E-state index in [2.05, 4.69) is 4.74 Å². The fourth-order valence-corrected chi connectivity index (χ4v) is 2.18. The second kappa shape index (κ2) is 4.50. The lowest BCUT2D eigenvalue weighted by molar-refractivity contribution is 0.0550. The lowest BCUT2D eigenvalue weighted by Gasteiger charge is -2.33. The van der Waals surface area contributed by atoms with Gasteiger partial charge in [-0.3, -0.25) is 0 Å². The number of carbonyl (C=O) groups is 1. The predicted octanol–water partition coefficient (Wildman–Crippen LogP) is 1.16. The minimum absolute atomic E-state index is 0.165. The minimum atomic E-state index is -0.578. The number of hydrogen-bond donors (Lipinski definition) is 2. The van der Waals surface area contributed by atoms with Crippen LogP contribution in [0.25, 0.3) is 0 Å². The molecule has 1 aliphatic carbocycles. The van der Waals surface area contributed by atoms with Gasteiger partial charge in [-0.1, -0.05) is 0 Å². The number of rotatable bonds is 2. The molecule has 1 aliphatic rings. The maximum Gasteiger partial charge on any atom is 0.373 e. The molecule has 1 heterocycles. The minimum Gasteiger partial charge on any atom is -0.463 e. The highest BCUT2D eigenvalue weighted by molar-refractivity contribution is 5.86. The first-order valence-electron chi connectivity index (χ1n) is 5.71. The van der Waals surface area contributed by atoms with Gasteiger partial charge in [0, 0.05) is 0 Å². The molecule has 0 amide bonds. The summed E-state index contributed by atoms with van der Waals surface area (Å²) in [4.78, 5) is 11.3. The molecule has 5 nitrogen and oxygen atoms in total. The van der Waals surface area contributed by atoms with E-state index in [0.717, 1.165) is 0 Å². The molecule has 94 valence electrons. The maximum absolute atomic E-state index is 11.3. The number of methoxy groups -OCH3 is 1. The topological polar surface area (TPSA) is 85.7 Å². The van der Waals surface area contributed by atoms with Crippen molar-refractivity contribution in [3.8, 4) is 0 Å². The number of furan rings is 1. The molecule has 2 rings (SSSR count). The predicted molar refractivity (Wildman–Crippen MR) is 60.4 cm³/mol. The van der Waals surface area contributed by atoms with Gasteiger partial charge in [0.25, 0.3) is 0 Å². The Labute approximate surface area is 99.5 Å². The van der Waals surface area contributed by atoms with Gasteiger partial charge >= 0.3 is 5.97 Å². The van der Waals surface area contributed by atoms with Crippen LogP contribution in [0.2, 0.25) is 0 Å². The Morgan fingerprint density at radius 1 is 1.53 bits per heavy atom. The van der Waals surface area contributed by atoms with Crippen LogP contribution in [0, 0.1) is 0 Å². The third kappa shape index (κ3) is 2.35. The van der Waals surface area contributed by atoms with Crippen molar-refractivity contribution >= 4 is 5.97 Å². The van der Waals surface area contributed by atoms with Crippen molar-refractivity contribution in [1.82, 2.24) is 0 Å². The molecular formula is C12H17NO4. The number of esters is 1. The van der Waals surface area contributed by atoms with Crippen LogP contribution in [-0.4, -0.2) is 24.3 Å². The summed E-state index contributed by atoms with van der Waals surface area (Å²) in [7, 11) is 1.31. The first kappa shape index (κ1) is 12.1. The molecule has 0 spiro atoms. The zero-order chi connectivity index (χ0) is 12.5. The van der Waals surface area contributed by atoms with E-state index >= 15 is 0 Å². The Kier molecular flexibility index (Phi) is 3.22. The number of carbonyl (C=O) groups excluding carboxylic acids is 1. The van der Waals surface area contributed by atoms with Crippen LogP contribution in [0.15, 0.2) is 16.5 Å². The third-order valence-electron chi connectivity index (χ3n) is 3.33. The average molecular weight is 239 g/mol. The van der Waals surface area contributed by atoms with E-state index < -0.39 is 11.5 Å². The van der Waals surface area contributed by atoms with E-state index in [9.17, 15) is 9.90 Å². The molecule has 17 heavy (non-hydrogen) atoms. The Bertz CT molecular complexity index is 404. The molecule has 0 unspecified atom stereocenters. The fourth-order valence-electron chi connectivity index (χ4n) is 2.18. The molecule has 0 saturated heterocycles. The molecule has 5 heteroatoms. The monoisotopic (exact) mass is 239 g/mol. The maximum atomic E-state index is 11.3. The lowest BCUT2D eigenvalue weighted by Crippen LogP contribution is -2.41. The van der Waals surface area contributed by atoms with E-state index in [0.29, 0.717) is 31.4 Å². The molecule has 1 aromatic heterocycles. The summed E-state index contributed by atoms with van der Waals surface area (Å²) in [5, 5.41) is 9.46. The first-order chi connectivity index (χ1) is 8.05. The summed E-state index contributed by atoms with van der Waals surface area (Å²) >= 11 is 0. The van der Waals surface area contributed by atoms with Crippen LogP contribution in [-0.2, 0) is 10.3 Å². The van der Waals surface area contributed by atoms with Gasteiger partial charge in [-0.05, 0) is 37.8 Å². The highest BCUT2D eigenvalue weighted by Gasteiger charge is 2.35. The Balaban J connectivity index is 2.16. The van der Waals surface area contributed by atoms with Gasteiger partial charge in [-0.25, -0.2) is 4.79 Å². The second-order valence-electron chi connectivity index (χ2n) is 4.54. The smallest absolute Gasteiger partial charge is 0.373 e. The van der Waals surface area contributed by atoms with Crippen molar-refractivity contribution in [1.29, 1.82) is 0 Å². The average Bonchev–Trinajstić information content (AvgIpc) is 2.82. The van der Waals surface area contributed by atoms with Crippen molar-refractivity contribution in [2.24, 2.45) is 5.73 Å². The quantitative estimate of drug-likeness (QED) is 0.756. The van der Waals surface area contributed by atoms with E-state index in [4.69, 9.17) is 10.2 Å². The van der Waals surface area contributed by atoms with Gasteiger partial charge in [-0.15, -0.1) is 0 Å². The molecule has 1 fully saturated rings. The number of aliphatic hydroxyl groups excluding tert-OH is 1. The molecule has 0 atom stereocenters. The Hall–Kier alpha value is -1.33. The molecule has 1 aromatic rings. The third-order valence-corrected chi connectivity index (χ3v) is 3.33. The molecule has 1 saturated carbocycles. The van der Waals surface area contributed by atoms with E-state index in [1.165, 1.54) is 7.11 Å². The van der Waals surface area contributed by atoms with Crippen LogP contribution >= 0.6 is 0 Å². The summed E-state index contributed by atoms with van der Waals surface area (Å²) in [5.74, 6) is 0.249. The van der Waals surface area contributed by atoms with Crippen LogP contribution in [0.5, 0.6) is 0 Å². The lowest BCUT2D eigenvalue weighted by atomic mass is 9.79. The van der Waals surface area contributed by atoms with E-state index in [-0.39, 0.29) is 11.9 Å². The van der Waals surface area contributed by atoms with Gasteiger partial charge in [-0.2, -0.15) is 0 Å². The normalized spacial score (nSPS) is 29.0. The molecule has 0 bridgehead atoms. The number of hydrogen-bond acceptors (Lipinski definition) is 5. The zero-order valence-corrected chi connectivity index (χ0v) is 9.81. The van der Waals surface area contributed by atoms with Crippen molar-refractivity contribution in [2.45, 2.75) is 37.3 Å². The van der Waals surface area contributed by atoms with Gasteiger partial charge < -0.3 is 20.0 Å². The largest absolute Gasteiger partial charge is 0.463 e. The van der Waals surface area contributed by atoms with Gasteiger partial charge in [0.05, 0.1) is 18.8 Å². The van der Waals surface area contributed by atoms with Crippen LogP contribution < -0.4 is 5.73 Å². The van der Waals surface area contributed by atoms with Crippen LogP contribution in [0.4, 0.5) is 0 Å². The summed E-state index contributed by atoms with van der Waals surface area (Å²) in [6.45, 7) is 0. The van der Waals surface area contributed by atoms with Gasteiger partial charge in [0.15, 0.2) is 0 Å². The molecule has 3 N–H and O–H groups in total. The Morgan fingerprint density at radius 3 is 2.76 bits per heavy atom. The summed E-state index contributed by atoms with van der Waals surface area (Å²) in [5.41, 5.74) is 5.66. The highest BCUT2D eigenvalue weighted by atomic mass is 16.5. The number of aliphatic hydroxyl groups is 1. The number of ether oxygens (including phenoxy) is 1. The van der Waals surface area contributed by atoms with Gasteiger partial charge in [0.2, 0.25) is 5.76 Å². The van der Waals surface area contributed by atoms with Crippen molar-refractivity contribution < 1.29 is 19.1 Å². The molecule has 0 aliphatic heterocycles. The fraction of sp³-hybridized carbons (Fsp3) is 0.583. The molecular weight excluding hydrogens is 222 g/mol. The first-order valence-corrected chi connectivity index (χ1v) is 5.71.